The van der Waals surface area contributed by atoms with E-state index in [-0.39, 0.29) is 5.91 Å². The van der Waals surface area contributed by atoms with Crippen molar-refractivity contribution in [2.45, 2.75) is 25.0 Å². The molecule has 3 N–H and O–H groups in total. The molecule has 0 bridgehead atoms. The Morgan fingerprint density at radius 2 is 2.00 bits per heavy atom. The molecule has 0 aromatic heterocycles. The minimum atomic E-state index is -0.630. The fraction of sp³-hybridized carbons (Fsp3) is 0.889. The Balaban J connectivity index is 2.11. The summed E-state index contributed by atoms with van der Waals surface area (Å²) in [4.78, 5) is 12.9. The van der Waals surface area contributed by atoms with Crippen molar-refractivity contribution in [3.05, 3.63) is 0 Å². The van der Waals surface area contributed by atoms with Crippen LogP contribution in [0, 0.1) is 0 Å². The van der Waals surface area contributed by atoms with Crippen LogP contribution in [-0.4, -0.2) is 59.9 Å². The first-order valence-corrected chi connectivity index (χ1v) is 4.92. The number of carbonyl (C=O) groups is 1. The van der Waals surface area contributed by atoms with Crippen molar-refractivity contribution in [2.75, 3.05) is 26.7 Å². The van der Waals surface area contributed by atoms with Gasteiger partial charge in [-0.1, -0.05) is 0 Å². The molecular weight excluding hydrogens is 184 g/mol. The smallest absolute Gasteiger partial charge is 0.219 e. The molecule has 1 amide bonds. The Labute approximate surface area is 83.7 Å². The molecular formula is C9H18N2O3. The van der Waals surface area contributed by atoms with E-state index in [2.05, 4.69) is 5.32 Å². The molecule has 0 radical (unpaired) electrons. The van der Waals surface area contributed by atoms with Crippen LogP contribution in [0.25, 0.3) is 0 Å². The van der Waals surface area contributed by atoms with Gasteiger partial charge in [0.1, 0.15) is 0 Å². The molecule has 2 atom stereocenters. The summed E-state index contributed by atoms with van der Waals surface area (Å²) in [6.07, 6.45) is 0.00295. The maximum Gasteiger partial charge on any atom is 0.219 e. The molecule has 1 saturated heterocycles. The number of nitrogens with one attached hydrogen (secondary N) is 1. The van der Waals surface area contributed by atoms with Crippen molar-refractivity contribution < 1.29 is 15.0 Å². The zero-order valence-corrected chi connectivity index (χ0v) is 8.44. The van der Waals surface area contributed by atoms with Crippen molar-refractivity contribution in [3.63, 3.8) is 0 Å². The molecule has 0 aliphatic carbocycles. The van der Waals surface area contributed by atoms with Crippen molar-refractivity contribution >= 4 is 5.91 Å². The first-order valence-electron chi connectivity index (χ1n) is 4.92. The van der Waals surface area contributed by atoms with Crippen LogP contribution < -0.4 is 5.32 Å². The monoisotopic (exact) mass is 202 g/mol. The lowest BCUT2D eigenvalue weighted by Gasteiger charge is -2.13. The van der Waals surface area contributed by atoms with Gasteiger partial charge in [-0.3, -0.25) is 9.69 Å². The summed E-state index contributed by atoms with van der Waals surface area (Å²) >= 11 is 0. The molecule has 0 saturated carbocycles. The highest BCUT2D eigenvalue weighted by Gasteiger charge is 2.28. The van der Waals surface area contributed by atoms with Gasteiger partial charge in [0.2, 0.25) is 5.91 Å². The molecule has 1 heterocycles. The third-order valence-electron chi connectivity index (χ3n) is 2.49. The molecule has 5 nitrogen and oxygen atoms in total. The van der Waals surface area contributed by atoms with Gasteiger partial charge >= 0.3 is 0 Å². The number of hydrogen-bond donors (Lipinski definition) is 3. The average Bonchev–Trinajstić information content (AvgIpc) is 2.46. The maximum absolute atomic E-state index is 10.9. The minimum Gasteiger partial charge on any atom is -0.389 e. The summed E-state index contributed by atoms with van der Waals surface area (Å²) in [5, 5.41) is 21.1. The molecule has 1 aliphatic rings. The molecule has 0 aromatic carbocycles. The van der Waals surface area contributed by atoms with Crippen LogP contribution >= 0.6 is 0 Å². The van der Waals surface area contributed by atoms with E-state index >= 15 is 0 Å². The van der Waals surface area contributed by atoms with Crippen LogP contribution in [-0.2, 0) is 4.79 Å². The number of amides is 1. The summed E-state index contributed by atoms with van der Waals surface area (Å²) in [6.45, 7) is 1.77. The Bertz CT molecular complexity index is 188. The third kappa shape index (κ3) is 3.25. The van der Waals surface area contributed by atoms with Crippen molar-refractivity contribution in [1.29, 1.82) is 0 Å². The molecule has 0 spiro atoms. The van der Waals surface area contributed by atoms with E-state index in [9.17, 15) is 15.0 Å². The van der Waals surface area contributed by atoms with Gasteiger partial charge in [-0.05, 0) is 13.0 Å². The van der Waals surface area contributed by atoms with Gasteiger partial charge in [0.15, 0.2) is 0 Å². The number of aliphatic hydroxyl groups is 2. The second kappa shape index (κ2) is 5.29. The predicted octanol–water partition coefficient (Wildman–Crippen LogP) is -1.45. The fourth-order valence-electron chi connectivity index (χ4n) is 1.62. The number of carbonyl (C=O) groups excluding carboxylic acids is 1. The maximum atomic E-state index is 10.9. The number of β-amino-alcohol motifs (C(OH)–C–C–N with tert-alkyl or cyclic N) is 2. The number of hydrogen-bond acceptors (Lipinski definition) is 4. The Morgan fingerprint density at radius 3 is 2.50 bits per heavy atom. The van der Waals surface area contributed by atoms with Gasteiger partial charge in [-0.2, -0.15) is 0 Å². The lowest BCUT2D eigenvalue weighted by atomic mass is 10.3. The molecule has 5 heteroatoms. The van der Waals surface area contributed by atoms with Crippen LogP contribution in [0.2, 0.25) is 0 Å². The van der Waals surface area contributed by atoms with Crippen molar-refractivity contribution in [3.8, 4) is 0 Å². The molecule has 1 aliphatic heterocycles. The lowest BCUT2D eigenvalue weighted by Crippen LogP contribution is -2.25. The SMILES string of the molecule is CNC(=O)CCCN1C[C@@H](O)[C@@H](O)C1. The largest absolute Gasteiger partial charge is 0.389 e. The highest BCUT2D eigenvalue weighted by atomic mass is 16.3. The molecule has 0 aromatic rings. The normalized spacial score (nSPS) is 27.9. The zero-order valence-electron chi connectivity index (χ0n) is 8.44. The van der Waals surface area contributed by atoms with Crippen LogP contribution in [0.5, 0.6) is 0 Å². The topological polar surface area (TPSA) is 72.8 Å². The first-order chi connectivity index (χ1) is 6.63. The van der Waals surface area contributed by atoms with Gasteiger partial charge < -0.3 is 15.5 Å². The van der Waals surface area contributed by atoms with Gasteiger partial charge in [-0.15, -0.1) is 0 Å². The van der Waals surface area contributed by atoms with Gasteiger partial charge in [0.25, 0.3) is 0 Å². The summed E-state index contributed by atoms with van der Waals surface area (Å²) in [5.41, 5.74) is 0. The highest BCUT2D eigenvalue weighted by Crippen LogP contribution is 2.10. The van der Waals surface area contributed by atoms with Gasteiger partial charge in [-0.25, -0.2) is 0 Å². The summed E-state index contributed by atoms with van der Waals surface area (Å²) in [7, 11) is 1.62. The fourth-order valence-corrected chi connectivity index (χ4v) is 1.62. The second-order valence-electron chi connectivity index (χ2n) is 3.67. The Kier molecular flexibility index (Phi) is 4.31. The van der Waals surface area contributed by atoms with Crippen molar-refractivity contribution in [2.24, 2.45) is 0 Å². The van der Waals surface area contributed by atoms with E-state index in [1.165, 1.54) is 0 Å². The van der Waals surface area contributed by atoms with E-state index in [1.54, 1.807) is 7.05 Å². The number of nitrogens with zero attached hydrogens (tertiary/aromatic N) is 1. The van der Waals surface area contributed by atoms with Gasteiger partial charge in [0, 0.05) is 26.6 Å². The summed E-state index contributed by atoms with van der Waals surface area (Å²) < 4.78 is 0. The predicted molar refractivity (Wildman–Crippen MR) is 51.8 cm³/mol. The minimum absolute atomic E-state index is 0.0327. The number of likely N-dealkylation sites (tertiary alicyclic amines) is 1. The zero-order chi connectivity index (χ0) is 10.6. The number of aliphatic hydroxyl groups excluding tert-OH is 2. The standard InChI is InChI=1S/C9H18N2O3/c1-10-9(14)3-2-4-11-5-7(12)8(13)6-11/h7-8,12-13H,2-6H2,1H3,(H,10,14)/t7-,8+. The van der Waals surface area contributed by atoms with E-state index < -0.39 is 12.2 Å². The van der Waals surface area contributed by atoms with Crippen LogP contribution in [0.15, 0.2) is 0 Å². The molecule has 1 fully saturated rings. The highest BCUT2D eigenvalue weighted by molar-refractivity contribution is 5.75. The first kappa shape index (κ1) is 11.4. The summed E-state index contributed by atoms with van der Waals surface area (Å²) in [6, 6.07) is 0. The van der Waals surface area contributed by atoms with E-state index in [0.29, 0.717) is 19.5 Å². The van der Waals surface area contributed by atoms with E-state index in [1.807, 2.05) is 4.90 Å². The lowest BCUT2D eigenvalue weighted by molar-refractivity contribution is -0.120. The van der Waals surface area contributed by atoms with E-state index in [0.717, 1.165) is 13.0 Å². The number of rotatable bonds is 4. The molecule has 82 valence electrons. The van der Waals surface area contributed by atoms with E-state index in [4.69, 9.17) is 0 Å². The van der Waals surface area contributed by atoms with Crippen molar-refractivity contribution in [1.82, 2.24) is 10.2 Å². The molecule has 14 heavy (non-hydrogen) atoms. The summed E-state index contributed by atoms with van der Waals surface area (Å²) in [5.74, 6) is 0.0327. The Hall–Kier alpha value is -0.650. The van der Waals surface area contributed by atoms with Crippen LogP contribution in [0.4, 0.5) is 0 Å². The second-order valence-corrected chi connectivity index (χ2v) is 3.67. The quantitative estimate of drug-likeness (QED) is 0.521. The molecule has 1 rings (SSSR count). The van der Waals surface area contributed by atoms with Crippen LogP contribution in [0.3, 0.4) is 0 Å². The molecule has 0 unspecified atom stereocenters. The average molecular weight is 202 g/mol. The Morgan fingerprint density at radius 1 is 1.43 bits per heavy atom. The third-order valence-corrected chi connectivity index (χ3v) is 2.49. The van der Waals surface area contributed by atoms with Gasteiger partial charge in [0.05, 0.1) is 12.2 Å². The van der Waals surface area contributed by atoms with Crippen LogP contribution in [0.1, 0.15) is 12.8 Å².